The standard InChI is InChI=1S/C13H10ClF3N2/c14-10-3-1-7(15)5-12(10)19-11-4-2-8(18)6-9(11)13(16)17/h1-6,13,19H,18H2. The fourth-order valence-corrected chi connectivity index (χ4v) is 1.78. The Morgan fingerprint density at radius 1 is 1.05 bits per heavy atom. The number of nitrogen functional groups attached to an aromatic ring is 1. The molecule has 0 fully saturated rings. The third-order valence-corrected chi connectivity index (χ3v) is 2.84. The number of benzene rings is 2. The predicted octanol–water partition coefficient (Wildman–Crippen LogP) is 4.74. The lowest BCUT2D eigenvalue weighted by Gasteiger charge is -2.13. The van der Waals surface area contributed by atoms with E-state index in [9.17, 15) is 13.2 Å². The summed E-state index contributed by atoms with van der Waals surface area (Å²) >= 11 is 5.87. The second-order valence-corrected chi connectivity index (χ2v) is 4.30. The zero-order valence-electron chi connectivity index (χ0n) is 9.63. The summed E-state index contributed by atoms with van der Waals surface area (Å²) in [6.07, 6.45) is -2.70. The van der Waals surface area contributed by atoms with Crippen molar-refractivity contribution in [2.45, 2.75) is 6.43 Å². The van der Waals surface area contributed by atoms with Gasteiger partial charge in [-0.3, -0.25) is 0 Å². The third kappa shape index (κ3) is 3.12. The maximum atomic E-state index is 13.1. The van der Waals surface area contributed by atoms with Gasteiger partial charge in [-0.15, -0.1) is 0 Å². The van der Waals surface area contributed by atoms with Crippen molar-refractivity contribution < 1.29 is 13.2 Å². The summed E-state index contributed by atoms with van der Waals surface area (Å²) in [5.74, 6) is -0.513. The van der Waals surface area contributed by atoms with Crippen LogP contribution in [0, 0.1) is 5.82 Å². The Labute approximate surface area is 113 Å². The van der Waals surface area contributed by atoms with Gasteiger partial charge in [-0.25, -0.2) is 13.2 Å². The maximum absolute atomic E-state index is 13.1. The number of nitrogens with one attached hydrogen (secondary N) is 1. The van der Waals surface area contributed by atoms with Gasteiger partial charge in [0.2, 0.25) is 0 Å². The molecule has 100 valence electrons. The molecular formula is C13H10ClF3N2. The minimum absolute atomic E-state index is 0.136. The van der Waals surface area contributed by atoms with E-state index < -0.39 is 12.2 Å². The van der Waals surface area contributed by atoms with Crippen molar-refractivity contribution >= 4 is 28.7 Å². The number of alkyl halides is 2. The summed E-state index contributed by atoms with van der Waals surface area (Å²) in [6.45, 7) is 0. The Morgan fingerprint density at radius 3 is 2.47 bits per heavy atom. The van der Waals surface area contributed by atoms with E-state index in [1.165, 1.54) is 30.3 Å². The summed E-state index contributed by atoms with van der Waals surface area (Å²) in [5, 5.41) is 2.92. The first-order valence-corrected chi connectivity index (χ1v) is 5.75. The molecule has 6 heteroatoms. The van der Waals surface area contributed by atoms with Gasteiger partial charge in [-0.2, -0.15) is 0 Å². The molecule has 2 rings (SSSR count). The van der Waals surface area contributed by atoms with E-state index >= 15 is 0 Å². The molecule has 0 saturated carbocycles. The molecule has 0 aliphatic carbocycles. The molecule has 0 aliphatic heterocycles. The zero-order valence-corrected chi connectivity index (χ0v) is 10.4. The minimum Gasteiger partial charge on any atom is -0.399 e. The molecule has 0 atom stereocenters. The van der Waals surface area contributed by atoms with Crippen LogP contribution in [-0.4, -0.2) is 0 Å². The highest BCUT2D eigenvalue weighted by atomic mass is 35.5. The highest BCUT2D eigenvalue weighted by Gasteiger charge is 2.14. The average Bonchev–Trinajstić information content (AvgIpc) is 2.35. The van der Waals surface area contributed by atoms with E-state index in [1.54, 1.807) is 0 Å². The molecular weight excluding hydrogens is 277 g/mol. The Kier molecular flexibility index (Phi) is 3.85. The average molecular weight is 287 g/mol. The van der Waals surface area contributed by atoms with Crippen LogP contribution in [0.1, 0.15) is 12.0 Å². The fourth-order valence-electron chi connectivity index (χ4n) is 1.61. The monoisotopic (exact) mass is 286 g/mol. The Morgan fingerprint density at radius 2 is 1.79 bits per heavy atom. The van der Waals surface area contributed by atoms with E-state index in [0.717, 1.165) is 6.07 Å². The lowest BCUT2D eigenvalue weighted by Crippen LogP contribution is -1.99. The van der Waals surface area contributed by atoms with E-state index in [4.69, 9.17) is 17.3 Å². The van der Waals surface area contributed by atoms with Gasteiger partial charge in [0, 0.05) is 16.9 Å². The largest absolute Gasteiger partial charge is 0.399 e. The number of hydrogen-bond acceptors (Lipinski definition) is 2. The van der Waals surface area contributed by atoms with Crippen LogP contribution in [0.3, 0.4) is 0 Å². The van der Waals surface area contributed by atoms with Crippen molar-refractivity contribution in [1.82, 2.24) is 0 Å². The topological polar surface area (TPSA) is 38.0 Å². The van der Waals surface area contributed by atoms with Crippen molar-refractivity contribution in [2.24, 2.45) is 0 Å². The van der Waals surface area contributed by atoms with Crippen molar-refractivity contribution in [2.75, 3.05) is 11.1 Å². The first kappa shape index (κ1) is 13.5. The van der Waals surface area contributed by atoms with E-state index in [0.29, 0.717) is 0 Å². The van der Waals surface area contributed by atoms with Crippen LogP contribution in [0.5, 0.6) is 0 Å². The molecule has 2 aromatic rings. The third-order valence-electron chi connectivity index (χ3n) is 2.51. The van der Waals surface area contributed by atoms with Crippen LogP contribution in [0.25, 0.3) is 0 Å². The normalized spacial score (nSPS) is 10.8. The SMILES string of the molecule is Nc1ccc(Nc2cc(F)ccc2Cl)c(C(F)F)c1. The van der Waals surface area contributed by atoms with Gasteiger partial charge in [0.05, 0.1) is 10.7 Å². The molecule has 0 radical (unpaired) electrons. The van der Waals surface area contributed by atoms with Gasteiger partial charge in [0.1, 0.15) is 5.82 Å². The Balaban J connectivity index is 2.40. The first-order valence-electron chi connectivity index (χ1n) is 5.37. The molecule has 0 spiro atoms. The molecule has 0 amide bonds. The summed E-state index contributed by atoms with van der Waals surface area (Å²) in [7, 11) is 0. The minimum atomic E-state index is -2.70. The number of anilines is 3. The molecule has 0 heterocycles. The molecule has 0 bridgehead atoms. The van der Waals surface area contributed by atoms with Gasteiger partial charge in [0.25, 0.3) is 6.43 Å². The van der Waals surface area contributed by atoms with Crippen LogP contribution in [0.15, 0.2) is 36.4 Å². The quantitative estimate of drug-likeness (QED) is 0.800. The summed E-state index contributed by atoms with van der Waals surface area (Å²) in [4.78, 5) is 0. The number of halogens is 4. The highest BCUT2D eigenvalue weighted by molar-refractivity contribution is 6.33. The summed E-state index contributed by atoms with van der Waals surface area (Å²) in [6, 6.07) is 7.71. The first-order chi connectivity index (χ1) is 8.97. The van der Waals surface area contributed by atoms with E-state index in [-0.39, 0.29) is 27.6 Å². The molecule has 2 nitrogen and oxygen atoms in total. The summed E-state index contributed by atoms with van der Waals surface area (Å²) < 4.78 is 38.9. The maximum Gasteiger partial charge on any atom is 0.265 e. The van der Waals surface area contributed by atoms with Crippen LogP contribution in [0.2, 0.25) is 5.02 Å². The van der Waals surface area contributed by atoms with E-state index in [1.807, 2.05) is 0 Å². The lowest BCUT2D eigenvalue weighted by atomic mass is 10.1. The van der Waals surface area contributed by atoms with Gasteiger partial charge in [0.15, 0.2) is 0 Å². The smallest absolute Gasteiger partial charge is 0.265 e. The van der Waals surface area contributed by atoms with Crippen molar-refractivity contribution in [3.05, 3.63) is 52.8 Å². The second kappa shape index (κ2) is 5.40. The van der Waals surface area contributed by atoms with Gasteiger partial charge < -0.3 is 11.1 Å². The summed E-state index contributed by atoms with van der Waals surface area (Å²) in [5.41, 5.74) is 5.78. The number of nitrogens with two attached hydrogens (primary N) is 1. The molecule has 2 aromatic carbocycles. The second-order valence-electron chi connectivity index (χ2n) is 3.90. The van der Waals surface area contributed by atoms with Crippen molar-refractivity contribution in [1.29, 1.82) is 0 Å². The van der Waals surface area contributed by atoms with E-state index in [2.05, 4.69) is 5.32 Å². The highest BCUT2D eigenvalue weighted by Crippen LogP contribution is 2.33. The number of hydrogen-bond donors (Lipinski definition) is 2. The molecule has 0 aromatic heterocycles. The van der Waals surface area contributed by atoms with Crippen LogP contribution < -0.4 is 11.1 Å². The van der Waals surface area contributed by atoms with Crippen LogP contribution in [-0.2, 0) is 0 Å². The van der Waals surface area contributed by atoms with Crippen LogP contribution in [0.4, 0.5) is 30.2 Å². The molecule has 3 N–H and O–H groups in total. The van der Waals surface area contributed by atoms with Crippen molar-refractivity contribution in [3.8, 4) is 0 Å². The Hall–Kier alpha value is -1.88. The molecule has 0 aliphatic rings. The molecule has 19 heavy (non-hydrogen) atoms. The number of rotatable bonds is 3. The Bertz CT molecular complexity index is 602. The van der Waals surface area contributed by atoms with Gasteiger partial charge in [-0.05, 0) is 36.4 Å². The molecule has 0 unspecified atom stereocenters. The van der Waals surface area contributed by atoms with Gasteiger partial charge in [-0.1, -0.05) is 11.6 Å². The fraction of sp³-hybridized carbons (Fsp3) is 0.0769. The zero-order chi connectivity index (χ0) is 14.0. The van der Waals surface area contributed by atoms with Gasteiger partial charge >= 0.3 is 0 Å². The van der Waals surface area contributed by atoms with Crippen molar-refractivity contribution in [3.63, 3.8) is 0 Å². The predicted molar refractivity (Wildman–Crippen MR) is 70.5 cm³/mol. The van der Waals surface area contributed by atoms with Crippen LogP contribution >= 0.6 is 11.6 Å². The lowest BCUT2D eigenvalue weighted by molar-refractivity contribution is 0.152. The molecule has 0 saturated heterocycles.